The molecular weight excluding hydrogens is 112 g/mol. The summed E-state index contributed by atoms with van der Waals surface area (Å²) in [6.07, 6.45) is 0.448. The number of rotatable bonds is 1. The highest BCUT2D eigenvalue weighted by atomic mass is 14.7. The minimum absolute atomic E-state index is 0.00231. The van der Waals surface area contributed by atoms with Crippen LogP contribution in [0, 0.1) is 16.7 Å². The number of nitrogens with two attached hydrogens (primary N) is 1. The predicted octanol–water partition coefficient (Wildman–Crippen LogP) is 1.27. The smallest absolute Gasteiger partial charge is 0.0638 e. The average molecular weight is 126 g/mol. The lowest BCUT2D eigenvalue weighted by Crippen LogP contribution is -2.34. The van der Waals surface area contributed by atoms with Gasteiger partial charge < -0.3 is 5.73 Å². The van der Waals surface area contributed by atoms with E-state index in [-0.39, 0.29) is 11.5 Å². The summed E-state index contributed by atoms with van der Waals surface area (Å²) in [5.41, 5.74) is 5.70. The largest absolute Gasteiger partial charge is 0.326 e. The summed E-state index contributed by atoms with van der Waals surface area (Å²) in [6.45, 7) is 6.11. The molecule has 9 heavy (non-hydrogen) atoms. The van der Waals surface area contributed by atoms with E-state index in [0.717, 1.165) is 0 Å². The molecule has 0 aromatic rings. The Bertz CT molecular complexity index is 116. The lowest BCUT2D eigenvalue weighted by Gasteiger charge is -2.24. The van der Waals surface area contributed by atoms with Crippen molar-refractivity contribution in [3.8, 4) is 6.07 Å². The van der Waals surface area contributed by atoms with E-state index in [1.807, 2.05) is 26.8 Å². The van der Waals surface area contributed by atoms with Crippen LogP contribution in [0.3, 0.4) is 0 Å². The first-order valence-corrected chi connectivity index (χ1v) is 3.11. The van der Waals surface area contributed by atoms with Crippen LogP contribution in [0.25, 0.3) is 0 Å². The molecular formula is C7H14N2. The summed E-state index contributed by atoms with van der Waals surface area (Å²) in [5.74, 6) is 0. The summed E-state index contributed by atoms with van der Waals surface area (Å²) in [5, 5.41) is 8.27. The molecule has 0 heterocycles. The fraction of sp³-hybridized carbons (Fsp3) is 0.857. The van der Waals surface area contributed by atoms with Gasteiger partial charge >= 0.3 is 0 Å². The van der Waals surface area contributed by atoms with Crippen molar-refractivity contribution in [1.29, 1.82) is 5.26 Å². The molecule has 0 spiro atoms. The van der Waals surface area contributed by atoms with E-state index in [9.17, 15) is 0 Å². The van der Waals surface area contributed by atoms with E-state index >= 15 is 0 Å². The average Bonchev–Trinajstić information content (AvgIpc) is 1.64. The van der Waals surface area contributed by atoms with Gasteiger partial charge in [0.2, 0.25) is 0 Å². The fourth-order valence-electron chi connectivity index (χ4n) is 0.405. The molecule has 1 atom stereocenters. The molecule has 0 radical (unpaired) electrons. The number of hydrogen-bond donors (Lipinski definition) is 1. The van der Waals surface area contributed by atoms with Gasteiger partial charge in [-0.1, -0.05) is 20.8 Å². The van der Waals surface area contributed by atoms with Crippen molar-refractivity contribution in [2.24, 2.45) is 11.1 Å². The van der Waals surface area contributed by atoms with Gasteiger partial charge in [0.05, 0.1) is 12.5 Å². The van der Waals surface area contributed by atoms with E-state index in [2.05, 4.69) is 0 Å². The SMILES string of the molecule is CC(C)(C)C(N)CC#N. The minimum atomic E-state index is 0.00231. The molecule has 2 nitrogen and oxygen atoms in total. The van der Waals surface area contributed by atoms with Gasteiger partial charge in [-0.25, -0.2) is 0 Å². The molecule has 0 amide bonds. The maximum Gasteiger partial charge on any atom is 0.0638 e. The van der Waals surface area contributed by atoms with E-state index in [1.165, 1.54) is 0 Å². The molecule has 0 aliphatic rings. The highest BCUT2D eigenvalue weighted by Gasteiger charge is 2.19. The third kappa shape index (κ3) is 3.10. The van der Waals surface area contributed by atoms with Crippen LogP contribution in [-0.4, -0.2) is 6.04 Å². The molecule has 0 rings (SSSR count). The molecule has 0 aromatic carbocycles. The predicted molar refractivity (Wildman–Crippen MR) is 37.7 cm³/mol. The summed E-state index contributed by atoms with van der Waals surface area (Å²) in [7, 11) is 0. The van der Waals surface area contributed by atoms with E-state index in [4.69, 9.17) is 11.0 Å². The Morgan fingerprint density at radius 3 is 2.11 bits per heavy atom. The highest BCUT2D eigenvalue weighted by molar-refractivity contribution is 4.85. The standard InChI is InChI=1S/C7H14N2/c1-7(2,3)6(9)4-5-8/h6H,4,9H2,1-3H3. The summed E-state index contributed by atoms with van der Waals surface area (Å²) in [4.78, 5) is 0. The molecule has 2 heteroatoms. The molecule has 1 unspecified atom stereocenters. The minimum Gasteiger partial charge on any atom is -0.326 e. The van der Waals surface area contributed by atoms with Gasteiger partial charge in [-0.15, -0.1) is 0 Å². The maximum absolute atomic E-state index is 8.27. The topological polar surface area (TPSA) is 49.8 Å². The monoisotopic (exact) mass is 126 g/mol. The van der Waals surface area contributed by atoms with Crippen LogP contribution in [0.5, 0.6) is 0 Å². The second kappa shape index (κ2) is 2.84. The Morgan fingerprint density at radius 1 is 1.56 bits per heavy atom. The van der Waals surface area contributed by atoms with Gasteiger partial charge in [-0.2, -0.15) is 5.26 Å². The van der Waals surface area contributed by atoms with Gasteiger partial charge in [0.25, 0.3) is 0 Å². The van der Waals surface area contributed by atoms with Crippen LogP contribution in [0.2, 0.25) is 0 Å². The molecule has 0 aliphatic carbocycles. The molecule has 0 fully saturated rings. The van der Waals surface area contributed by atoms with Crippen molar-refractivity contribution in [3.63, 3.8) is 0 Å². The Hall–Kier alpha value is -0.550. The molecule has 52 valence electrons. The second-order valence-corrected chi connectivity index (χ2v) is 3.33. The van der Waals surface area contributed by atoms with E-state index < -0.39 is 0 Å². The molecule has 2 N–H and O–H groups in total. The Kier molecular flexibility index (Phi) is 2.66. The molecule has 0 saturated carbocycles. The van der Waals surface area contributed by atoms with Gasteiger partial charge in [-0.05, 0) is 5.41 Å². The zero-order chi connectivity index (χ0) is 7.49. The van der Waals surface area contributed by atoms with E-state index in [1.54, 1.807) is 0 Å². The van der Waals surface area contributed by atoms with Gasteiger partial charge in [0.15, 0.2) is 0 Å². The first kappa shape index (κ1) is 8.45. The Labute approximate surface area is 56.7 Å². The summed E-state index contributed by atoms with van der Waals surface area (Å²) >= 11 is 0. The first-order valence-electron chi connectivity index (χ1n) is 3.11. The zero-order valence-electron chi connectivity index (χ0n) is 6.31. The lowest BCUT2D eigenvalue weighted by atomic mass is 9.86. The van der Waals surface area contributed by atoms with Crippen molar-refractivity contribution >= 4 is 0 Å². The van der Waals surface area contributed by atoms with E-state index in [0.29, 0.717) is 6.42 Å². The molecule has 0 aromatic heterocycles. The third-order valence-electron chi connectivity index (χ3n) is 1.42. The van der Waals surface area contributed by atoms with Crippen molar-refractivity contribution in [3.05, 3.63) is 0 Å². The Balaban J connectivity index is 3.76. The number of hydrogen-bond acceptors (Lipinski definition) is 2. The van der Waals surface area contributed by atoms with Crippen molar-refractivity contribution < 1.29 is 0 Å². The Morgan fingerprint density at radius 2 is 2.00 bits per heavy atom. The second-order valence-electron chi connectivity index (χ2n) is 3.33. The van der Waals surface area contributed by atoms with Crippen LogP contribution in [-0.2, 0) is 0 Å². The van der Waals surface area contributed by atoms with Crippen molar-refractivity contribution in [1.82, 2.24) is 0 Å². The highest BCUT2D eigenvalue weighted by Crippen LogP contribution is 2.18. The fourth-order valence-corrected chi connectivity index (χ4v) is 0.405. The number of nitrogens with zero attached hydrogens (tertiary/aromatic N) is 1. The summed E-state index contributed by atoms with van der Waals surface area (Å²) < 4.78 is 0. The van der Waals surface area contributed by atoms with Crippen LogP contribution < -0.4 is 5.73 Å². The third-order valence-corrected chi connectivity index (χ3v) is 1.42. The lowest BCUT2D eigenvalue weighted by molar-refractivity contribution is 0.324. The zero-order valence-corrected chi connectivity index (χ0v) is 6.31. The molecule has 0 aliphatic heterocycles. The van der Waals surface area contributed by atoms with Gasteiger partial charge in [-0.3, -0.25) is 0 Å². The maximum atomic E-state index is 8.27. The number of nitriles is 1. The van der Waals surface area contributed by atoms with Gasteiger partial charge in [0, 0.05) is 6.04 Å². The summed E-state index contributed by atoms with van der Waals surface area (Å²) in [6, 6.07) is 2.05. The normalized spacial score (nSPS) is 14.6. The van der Waals surface area contributed by atoms with Crippen molar-refractivity contribution in [2.45, 2.75) is 33.2 Å². The van der Waals surface area contributed by atoms with Crippen LogP contribution in [0.1, 0.15) is 27.2 Å². The quantitative estimate of drug-likeness (QED) is 0.575. The molecule has 0 bridgehead atoms. The molecule has 0 saturated heterocycles. The van der Waals surface area contributed by atoms with Crippen LogP contribution >= 0.6 is 0 Å². The van der Waals surface area contributed by atoms with Crippen LogP contribution in [0.4, 0.5) is 0 Å². The van der Waals surface area contributed by atoms with Gasteiger partial charge in [0.1, 0.15) is 0 Å². The first-order chi connectivity index (χ1) is 3.98. The van der Waals surface area contributed by atoms with Crippen molar-refractivity contribution in [2.75, 3.05) is 0 Å². The van der Waals surface area contributed by atoms with Crippen LogP contribution in [0.15, 0.2) is 0 Å².